The van der Waals surface area contributed by atoms with E-state index in [0.717, 1.165) is 36.0 Å². The minimum atomic E-state index is -1.26. The Hall–Kier alpha value is -3.09. The number of carboxylic acids is 1. The Morgan fingerprint density at radius 3 is 2.76 bits per heavy atom. The highest BCUT2D eigenvalue weighted by molar-refractivity contribution is 5.87. The zero-order chi connectivity index (χ0) is 18.0. The molecule has 0 radical (unpaired) electrons. The van der Waals surface area contributed by atoms with E-state index in [0.29, 0.717) is 5.82 Å². The molecule has 1 aliphatic heterocycles. The maximum absolute atomic E-state index is 12.4. The zero-order valence-corrected chi connectivity index (χ0v) is 14.0. The molecule has 0 bridgehead atoms. The number of ether oxygens (including phenoxy) is 1. The number of aromatic nitrogens is 2. The highest BCUT2D eigenvalue weighted by atomic mass is 16.5. The largest absolute Gasteiger partial charge is 0.497 e. The van der Waals surface area contributed by atoms with Gasteiger partial charge in [0.05, 0.1) is 7.11 Å². The first-order valence-corrected chi connectivity index (χ1v) is 7.96. The number of rotatable bonds is 4. The van der Waals surface area contributed by atoms with Crippen LogP contribution in [0.5, 0.6) is 5.75 Å². The minimum absolute atomic E-state index is 0.0903. The van der Waals surface area contributed by atoms with Gasteiger partial charge in [-0.05, 0) is 44.0 Å². The maximum atomic E-state index is 12.4. The van der Waals surface area contributed by atoms with Gasteiger partial charge in [-0.25, -0.2) is 9.78 Å². The van der Waals surface area contributed by atoms with Gasteiger partial charge >= 0.3 is 5.97 Å². The molecule has 130 valence electrons. The Labute approximate surface area is 144 Å². The molecule has 7 heteroatoms. The number of hydrogen-bond donors (Lipinski definition) is 2. The van der Waals surface area contributed by atoms with Crippen molar-refractivity contribution in [3.63, 3.8) is 0 Å². The number of carboxylic acid groups (broad SMARTS) is 1. The van der Waals surface area contributed by atoms with Crippen molar-refractivity contribution in [1.82, 2.24) is 9.55 Å². The van der Waals surface area contributed by atoms with Crippen LogP contribution < -0.4 is 15.6 Å². The van der Waals surface area contributed by atoms with E-state index in [1.165, 1.54) is 4.57 Å². The number of aromatic carboxylic acids is 1. The van der Waals surface area contributed by atoms with Gasteiger partial charge in [-0.15, -0.1) is 0 Å². The molecule has 2 N–H and O–H groups in total. The molecule has 1 aromatic carbocycles. The van der Waals surface area contributed by atoms with Crippen molar-refractivity contribution in [2.45, 2.75) is 25.8 Å². The van der Waals surface area contributed by atoms with E-state index < -0.39 is 11.5 Å². The van der Waals surface area contributed by atoms with Crippen LogP contribution in [-0.4, -0.2) is 27.7 Å². The number of anilines is 1. The van der Waals surface area contributed by atoms with Gasteiger partial charge in [0.25, 0.3) is 5.56 Å². The van der Waals surface area contributed by atoms with Crippen LogP contribution in [0.25, 0.3) is 5.57 Å². The van der Waals surface area contributed by atoms with Gasteiger partial charge in [0, 0.05) is 29.7 Å². The van der Waals surface area contributed by atoms with Gasteiger partial charge in [0.1, 0.15) is 17.1 Å². The number of benzene rings is 1. The lowest BCUT2D eigenvalue weighted by molar-refractivity contribution is 0.0693. The summed E-state index contributed by atoms with van der Waals surface area (Å²) in [6.07, 6.45) is 4.44. The fourth-order valence-corrected chi connectivity index (χ4v) is 2.86. The van der Waals surface area contributed by atoms with Crippen LogP contribution in [0.3, 0.4) is 0 Å². The molecule has 0 saturated carbocycles. The molecule has 0 saturated heterocycles. The van der Waals surface area contributed by atoms with Crippen molar-refractivity contribution < 1.29 is 14.6 Å². The van der Waals surface area contributed by atoms with Crippen LogP contribution in [0, 0.1) is 0 Å². The summed E-state index contributed by atoms with van der Waals surface area (Å²) in [6, 6.07) is 7.37. The average molecular weight is 341 g/mol. The van der Waals surface area contributed by atoms with Crippen LogP contribution in [0.1, 0.15) is 42.0 Å². The third-order valence-electron chi connectivity index (χ3n) is 4.29. The van der Waals surface area contributed by atoms with Gasteiger partial charge < -0.3 is 15.2 Å². The molecule has 1 atom stereocenters. The summed E-state index contributed by atoms with van der Waals surface area (Å²) in [7, 11) is 1.61. The lowest BCUT2D eigenvalue weighted by atomic mass is 10.0. The topological polar surface area (TPSA) is 93.4 Å². The summed E-state index contributed by atoms with van der Waals surface area (Å²) in [5.74, 6) is 0.0201. The van der Waals surface area contributed by atoms with E-state index in [2.05, 4.69) is 10.3 Å². The second kappa shape index (κ2) is 6.80. The van der Waals surface area contributed by atoms with Crippen molar-refractivity contribution in [2.24, 2.45) is 0 Å². The lowest BCUT2D eigenvalue weighted by Crippen LogP contribution is -2.34. The third-order valence-corrected chi connectivity index (χ3v) is 4.29. The monoisotopic (exact) mass is 341 g/mol. The zero-order valence-electron chi connectivity index (χ0n) is 14.0. The molecular weight excluding hydrogens is 322 g/mol. The first-order valence-electron chi connectivity index (χ1n) is 7.96. The number of carbonyl (C=O) groups is 1. The molecule has 1 aromatic heterocycles. The fourth-order valence-electron chi connectivity index (χ4n) is 2.86. The second-order valence-electron chi connectivity index (χ2n) is 5.91. The molecule has 0 amide bonds. The van der Waals surface area contributed by atoms with E-state index in [4.69, 9.17) is 9.84 Å². The summed E-state index contributed by atoms with van der Waals surface area (Å²) in [4.78, 5) is 27.8. The molecule has 2 aromatic rings. The summed E-state index contributed by atoms with van der Waals surface area (Å²) in [5, 5.41) is 12.3. The van der Waals surface area contributed by atoms with Crippen molar-refractivity contribution in [3.05, 3.63) is 58.4 Å². The highest BCUT2D eigenvalue weighted by Crippen LogP contribution is 2.30. The van der Waals surface area contributed by atoms with E-state index >= 15 is 0 Å². The normalized spacial score (nSPS) is 17.8. The number of hydrogen-bond acceptors (Lipinski definition) is 5. The first-order chi connectivity index (χ1) is 12.0. The number of nitrogens with zero attached hydrogens (tertiary/aromatic N) is 2. The number of fused-ring (bicyclic) bond motifs is 1. The van der Waals surface area contributed by atoms with E-state index in [-0.39, 0.29) is 11.6 Å². The Morgan fingerprint density at radius 1 is 1.40 bits per heavy atom. The number of nitrogens with one attached hydrogen (secondary N) is 1. The van der Waals surface area contributed by atoms with Crippen LogP contribution in [0.15, 0.2) is 41.5 Å². The molecule has 0 fully saturated rings. The first kappa shape index (κ1) is 16.8. The van der Waals surface area contributed by atoms with Gasteiger partial charge in [-0.1, -0.05) is 0 Å². The Bertz CT molecular complexity index is 884. The molecule has 0 aliphatic carbocycles. The SMILES string of the molecule is COc1ccc(NC=C2CCC(C)n3c2ncc(C(=O)O)c3=O)cc1. The van der Waals surface area contributed by atoms with Crippen LogP contribution >= 0.6 is 0 Å². The van der Waals surface area contributed by atoms with E-state index in [9.17, 15) is 9.59 Å². The fraction of sp³-hybridized carbons (Fsp3) is 0.278. The predicted octanol–water partition coefficient (Wildman–Crippen LogP) is 2.76. The summed E-state index contributed by atoms with van der Waals surface area (Å²) in [6.45, 7) is 1.89. The molecular formula is C18H19N3O4. The van der Waals surface area contributed by atoms with Crippen molar-refractivity contribution >= 4 is 17.2 Å². The van der Waals surface area contributed by atoms with Crippen molar-refractivity contribution in [2.75, 3.05) is 12.4 Å². The lowest BCUT2D eigenvalue weighted by Gasteiger charge is -2.26. The van der Waals surface area contributed by atoms with Crippen LogP contribution in [0.2, 0.25) is 0 Å². The quantitative estimate of drug-likeness (QED) is 0.888. The van der Waals surface area contributed by atoms with Gasteiger partial charge in [0.15, 0.2) is 0 Å². The van der Waals surface area contributed by atoms with Crippen LogP contribution in [0.4, 0.5) is 5.69 Å². The molecule has 25 heavy (non-hydrogen) atoms. The van der Waals surface area contributed by atoms with Crippen molar-refractivity contribution in [1.29, 1.82) is 0 Å². The van der Waals surface area contributed by atoms with E-state index in [1.807, 2.05) is 37.4 Å². The molecule has 1 aliphatic rings. The van der Waals surface area contributed by atoms with Gasteiger partial charge in [-0.3, -0.25) is 9.36 Å². The predicted molar refractivity (Wildman–Crippen MR) is 94.0 cm³/mol. The molecule has 0 spiro atoms. The minimum Gasteiger partial charge on any atom is -0.497 e. The Morgan fingerprint density at radius 2 is 2.12 bits per heavy atom. The average Bonchev–Trinajstić information content (AvgIpc) is 2.61. The summed E-state index contributed by atoms with van der Waals surface area (Å²) < 4.78 is 6.59. The number of methoxy groups -OCH3 is 1. The highest BCUT2D eigenvalue weighted by Gasteiger charge is 2.25. The molecule has 7 nitrogen and oxygen atoms in total. The second-order valence-corrected chi connectivity index (χ2v) is 5.91. The van der Waals surface area contributed by atoms with Gasteiger partial charge in [-0.2, -0.15) is 0 Å². The molecule has 1 unspecified atom stereocenters. The smallest absolute Gasteiger partial charge is 0.342 e. The third kappa shape index (κ3) is 3.26. The molecule has 3 rings (SSSR count). The summed E-state index contributed by atoms with van der Waals surface area (Å²) >= 11 is 0. The van der Waals surface area contributed by atoms with Gasteiger partial charge in [0.2, 0.25) is 0 Å². The van der Waals surface area contributed by atoms with E-state index in [1.54, 1.807) is 7.11 Å². The standard InChI is InChI=1S/C18H19N3O4/c1-11-3-4-12(9-19-13-5-7-14(25-2)8-6-13)16-20-10-15(18(23)24)17(22)21(11)16/h5-11,19H,3-4H2,1-2H3,(H,23,24). The Kier molecular flexibility index (Phi) is 4.56. The Balaban J connectivity index is 1.94. The number of allylic oxidation sites excluding steroid dienone is 1. The maximum Gasteiger partial charge on any atom is 0.342 e. The van der Waals surface area contributed by atoms with Crippen LogP contribution in [-0.2, 0) is 0 Å². The summed E-state index contributed by atoms with van der Waals surface area (Å²) in [5.41, 5.74) is 0.922. The molecule has 2 heterocycles. The van der Waals surface area contributed by atoms with Crippen molar-refractivity contribution in [3.8, 4) is 5.75 Å².